The van der Waals surface area contributed by atoms with Crippen molar-refractivity contribution in [2.24, 2.45) is 0 Å². The Morgan fingerprint density at radius 3 is 1.27 bits per heavy atom. The Morgan fingerprint density at radius 1 is 0.483 bits per heavy atom. The van der Waals surface area contributed by atoms with Crippen molar-refractivity contribution in [1.82, 2.24) is 30.6 Å². The number of ketones is 1. The fraction of sp³-hybridized carbons (Fsp3) is 0.128. The summed E-state index contributed by atoms with van der Waals surface area (Å²) in [4.78, 5) is 31.7. The summed E-state index contributed by atoms with van der Waals surface area (Å²) >= 11 is 0. The minimum atomic E-state index is -4.75. The first kappa shape index (κ1) is 40.0. The van der Waals surface area contributed by atoms with Gasteiger partial charge in [-0.05, 0) is 81.9 Å². The van der Waals surface area contributed by atoms with Crippen molar-refractivity contribution in [3.63, 3.8) is 0 Å². The van der Waals surface area contributed by atoms with Crippen molar-refractivity contribution in [2.75, 3.05) is 0 Å². The van der Waals surface area contributed by atoms with Gasteiger partial charge in [-0.1, -0.05) is 60.7 Å². The van der Waals surface area contributed by atoms with E-state index in [0.29, 0.717) is 37.3 Å². The molecule has 4 aromatic carbocycles. The molecular weight excluding hydrogens is 779 g/mol. The molecule has 0 amide bonds. The van der Waals surface area contributed by atoms with Gasteiger partial charge in [0, 0.05) is 96.4 Å². The van der Waals surface area contributed by atoms with Crippen molar-refractivity contribution in [3.8, 4) is 22.3 Å². The molecule has 0 unspecified atom stereocenters. The minimum Gasteiger partial charge on any atom is -0.309 e. The summed E-state index contributed by atoms with van der Waals surface area (Å²) < 4.78 is 86.4. The topological polar surface area (TPSA) is 92.7 Å². The molecule has 0 aliphatic carbocycles. The van der Waals surface area contributed by atoms with Gasteiger partial charge in [-0.2, -0.15) is 26.3 Å². The summed E-state index contributed by atoms with van der Waals surface area (Å²) in [7, 11) is 0. The van der Waals surface area contributed by atoms with Crippen molar-refractivity contribution in [3.05, 3.63) is 191 Å². The summed E-state index contributed by atoms with van der Waals surface area (Å²) in [6.45, 7) is 1.84. The predicted molar refractivity (Wildman–Crippen MR) is 217 cm³/mol. The highest BCUT2D eigenvalue weighted by atomic mass is 19.4. The third-order valence-corrected chi connectivity index (χ3v) is 10.1. The Hall–Kier alpha value is -6.83. The molecule has 0 fully saturated rings. The summed E-state index contributed by atoms with van der Waals surface area (Å²) in [5, 5.41) is 6.87. The van der Waals surface area contributed by atoms with E-state index < -0.39 is 29.3 Å². The molecule has 4 aromatic heterocycles. The number of rotatable bonds is 12. The molecule has 0 bridgehead atoms. The molecular formula is C47H34F6N6O. The molecule has 300 valence electrons. The highest BCUT2D eigenvalue weighted by molar-refractivity contribution is 6.21. The number of para-hydroxylation sites is 2. The Labute approximate surface area is 340 Å². The number of benzene rings is 4. The van der Waals surface area contributed by atoms with Crippen molar-refractivity contribution in [1.29, 1.82) is 0 Å². The molecule has 4 heterocycles. The monoisotopic (exact) mass is 812 g/mol. The second-order valence-electron chi connectivity index (χ2n) is 14.1. The first-order chi connectivity index (χ1) is 29.0. The Morgan fingerprint density at radius 2 is 0.867 bits per heavy atom. The van der Waals surface area contributed by atoms with E-state index in [1.54, 1.807) is 61.2 Å². The first-order valence-electron chi connectivity index (χ1n) is 18.9. The van der Waals surface area contributed by atoms with E-state index in [0.717, 1.165) is 46.8 Å². The van der Waals surface area contributed by atoms with Gasteiger partial charge < -0.3 is 10.6 Å². The van der Waals surface area contributed by atoms with Gasteiger partial charge >= 0.3 is 12.4 Å². The maximum atomic E-state index is 15.2. The van der Waals surface area contributed by atoms with E-state index in [9.17, 15) is 26.3 Å². The molecule has 0 saturated heterocycles. The summed E-state index contributed by atoms with van der Waals surface area (Å²) in [6, 6.07) is 29.1. The number of hydrogen-bond acceptors (Lipinski definition) is 7. The van der Waals surface area contributed by atoms with Crippen LogP contribution in [0.2, 0.25) is 0 Å². The number of halogens is 6. The minimum absolute atomic E-state index is 0.0479. The molecule has 8 rings (SSSR count). The Bertz CT molecular complexity index is 2640. The van der Waals surface area contributed by atoms with Gasteiger partial charge in [-0.3, -0.25) is 24.7 Å². The zero-order chi connectivity index (χ0) is 41.9. The largest absolute Gasteiger partial charge is 0.418 e. The quantitative estimate of drug-likeness (QED) is 0.0937. The number of alkyl halides is 6. The number of aromatic nitrogens is 4. The second-order valence-corrected chi connectivity index (χ2v) is 14.1. The molecule has 13 heteroatoms. The standard InChI is InChI=1S/C47H34F6N6O/c48-46(49,50)39-11-3-9-35-41(33-7-1-5-31(21-33)25-56-23-29-13-17-54-18-14-29)37(27-58-43(35)39)45(60)38-28-59-44-36(10-4-12-40(44)47(51,52)53)42(38)34-8-2-6-32(22-34)26-57-24-30-15-19-55-20-16-30/h1-22,27-28,56-57H,23-26H2. The molecule has 60 heavy (non-hydrogen) atoms. The summed E-state index contributed by atoms with van der Waals surface area (Å²) in [5.74, 6) is -0.680. The molecule has 0 saturated carbocycles. The van der Waals surface area contributed by atoms with Crippen molar-refractivity contribution >= 4 is 27.6 Å². The van der Waals surface area contributed by atoms with Gasteiger partial charge in [0.25, 0.3) is 0 Å². The average molecular weight is 813 g/mol. The van der Waals surface area contributed by atoms with Gasteiger partial charge in [0.1, 0.15) is 0 Å². The van der Waals surface area contributed by atoms with E-state index in [1.807, 2.05) is 36.4 Å². The smallest absolute Gasteiger partial charge is 0.309 e. The third kappa shape index (κ3) is 8.49. The van der Waals surface area contributed by atoms with Gasteiger partial charge in [-0.25, -0.2) is 0 Å². The molecule has 8 aromatic rings. The van der Waals surface area contributed by atoms with Crippen molar-refractivity contribution in [2.45, 2.75) is 38.5 Å². The van der Waals surface area contributed by atoms with Crippen LogP contribution in [0.1, 0.15) is 49.3 Å². The number of pyridine rings is 4. The molecule has 0 radical (unpaired) electrons. The van der Waals surface area contributed by atoms with Gasteiger partial charge in [0.05, 0.1) is 22.2 Å². The zero-order valence-electron chi connectivity index (χ0n) is 31.6. The third-order valence-electron chi connectivity index (χ3n) is 10.1. The normalized spacial score (nSPS) is 12.0. The highest BCUT2D eigenvalue weighted by Gasteiger charge is 2.36. The second kappa shape index (κ2) is 16.8. The van der Waals surface area contributed by atoms with Crippen LogP contribution in [0.4, 0.5) is 26.3 Å². The van der Waals surface area contributed by atoms with Crippen LogP contribution in [0.15, 0.2) is 146 Å². The fourth-order valence-electron chi connectivity index (χ4n) is 7.39. The Balaban J connectivity index is 1.27. The van der Waals surface area contributed by atoms with Crippen LogP contribution < -0.4 is 10.6 Å². The van der Waals surface area contributed by atoms with Crippen LogP contribution in [-0.4, -0.2) is 25.7 Å². The fourth-order valence-corrected chi connectivity index (χ4v) is 7.39. The SMILES string of the molecule is O=C(c1cnc2c(C(F)(F)F)cccc2c1-c1cccc(CNCc2ccncc2)c1)c1cnc2c(C(F)(F)F)cccc2c1-c1cccc(CNCc2ccncc2)c1. The van der Waals surface area contributed by atoms with E-state index in [1.165, 1.54) is 24.3 Å². The number of carbonyl (C=O) groups is 1. The lowest BCUT2D eigenvalue weighted by molar-refractivity contribution is -0.137. The number of nitrogens with zero attached hydrogens (tertiary/aromatic N) is 4. The molecule has 0 spiro atoms. The van der Waals surface area contributed by atoms with Crippen LogP contribution in [0, 0.1) is 0 Å². The van der Waals surface area contributed by atoms with Crippen molar-refractivity contribution < 1.29 is 31.1 Å². The summed E-state index contributed by atoms with van der Waals surface area (Å²) in [5.41, 5.74) is 2.12. The summed E-state index contributed by atoms with van der Waals surface area (Å²) in [6.07, 6.45) is -0.534. The zero-order valence-corrected chi connectivity index (χ0v) is 31.6. The van der Waals surface area contributed by atoms with E-state index in [4.69, 9.17) is 0 Å². The van der Waals surface area contributed by atoms with Crippen LogP contribution in [0.25, 0.3) is 44.1 Å². The average Bonchev–Trinajstić information content (AvgIpc) is 3.25. The van der Waals surface area contributed by atoms with Gasteiger partial charge in [0.15, 0.2) is 5.78 Å². The lowest BCUT2D eigenvalue weighted by Crippen LogP contribution is -2.13. The Kier molecular flexibility index (Phi) is 11.2. The number of fused-ring (bicyclic) bond motifs is 2. The van der Waals surface area contributed by atoms with Crippen LogP contribution in [0.5, 0.6) is 0 Å². The number of hydrogen-bond donors (Lipinski definition) is 2. The van der Waals surface area contributed by atoms with Crippen LogP contribution in [-0.2, 0) is 38.5 Å². The van der Waals surface area contributed by atoms with Crippen LogP contribution in [0.3, 0.4) is 0 Å². The molecule has 7 nitrogen and oxygen atoms in total. The van der Waals surface area contributed by atoms with E-state index in [-0.39, 0.29) is 44.1 Å². The van der Waals surface area contributed by atoms with Crippen LogP contribution >= 0.6 is 0 Å². The molecule has 0 aliphatic heterocycles. The molecule has 0 atom stereocenters. The van der Waals surface area contributed by atoms with Gasteiger partial charge in [0.2, 0.25) is 0 Å². The van der Waals surface area contributed by atoms with E-state index in [2.05, 4.69) is 30.6 Å². The predicted octanol–water partition coefficient (Wildman–Crippen LogP) is 10.8. The first-order valence-corrected chi connectivity index (χ1v) is 18.9. The number of nitrogens with one attached hydrogen (secondary N) is 2. The highest BCUT2D eigenvalue weighted by Crippen LogP contribution is 2.42. The van der Waals surface area contributed by atoms with Gasteiger partial charge in [-0.15, -0.1) is 0 Å². The maximum absolute atomic E-state index is 15.2. The maximum Gasteiger partial charge on any atom is 0.418 e. The number of carbonyl (C=O) groups excluding carboxylic acids is 1. The van der Waals surface area contributed by atoms with E-state index >= 15 is 4.79 Å². The molecule has 0 aliphatic rings. The lowest BCUT2D eigenvalue weighted by atomic mass is 9.87. The lowest BCUT2D eigenvalue weighted by Gasteiger charge is -2.19. The molecule has 2 N–H and O–H groups in total.